The van der Waals surface area contributed by atoms with Crippen LogP contribution in [0.5, 0.6) is 0 Å². The van der Waals surface area contributed by atoms with Crippen LogP contribution in [0.4, 0.5) is 0 Å². The van der Waals surface area contributed by atoms with Crippen LogP contribution in [0.15, 0.2) is 34.8 Å². The van der Waals surface area contributed by atoms with E-state index in [1.165, 1.54) is 7.11 Å². The van der Waals surface area contributed by atoms with Crippen LogP contribution in [-0.4, -0.2) is 23.4 Å². The van der Waals surface area contributed by atoms with Gasteiger partial charge < -0.3 is 9.30 Å². The van der Waals surface area contributed by atoms with Crippen molar-refractivity contribution in [1.29, 1.82) is 0 Å². The van der Waals surface area contributed by atoms with Crippen LogP contribution in [0.3, 0.4) is 0 Å². The van der Waals surface area contributed by atoms with Gasteiger partial charge in [-0.1, -0.05) is 11.6 Å². The summed E-state index contributed by atoms with van der Waals surface area (Å²) < 4.78 is 7.00. The van der Waals surface area contributed by atoms with E-state index in [1.54, 1.807) is 41.9 Å². The molecule has 0 aliphatic carbocycles. The van der Waals surface area contributed by atoms with Gasteiger partial charge in [0.15, 0.2) is 0 Å². The summed E-state index contributed by atoms with van der Waals surface area (Å²) >= 11 is 9.23. The average Bonchev–Trinajstić information content (AvgIpc) is 2.82. The summed E-state index contributed by atoms with van der Waals surface area (Å²) in [5, 5.41) is 0.546. The summed E-state index contributed by atoms with van der Waals surface area (Å²) in [5.74, 6) is -0.476. The number of halogens is 2. The largest absolute Gasteiger partial charge is 0.469 e. The summed E-state index contributed by atoms with van der Waals surface area (Å²) in [6.07, 6.45) is 0.130. The predicted octanol–water partition coefficient (Wildman–Crippen LogP) is 3.39. The maximum absolute atomic E-state index is 12.5. The number of ether oxygens (including phenoxy) is 1. The van der Waals surface area contributed by atoms with E-state index >= 15 is 0 Å². The van der Waals surface area contributed by atoms with Gasteiger partial charge in [0.25, 0.3) is 0 Å². The molecular formula is C15H13BrClNO3. The number of nitrogens with zero attached hydrogens (tertiary/aromatic N) is 1. The van der Waals surface area contributed by atoms with Gasteiger partial charge in [-0.15, -0.1) is 0 Å². The van der Waals surface area contributed by atoms with Gasteiger partial charge >= 0.3 is 5.97 Å². The highest BCUT2D eigenvalue weighted by atomic mass is 79.9. The molecule has 0 aliphatic rings. The Morgan fingerprint density at radius 3 is 2.62 bits per heavy atom. The van der Waals surface area contributed by atoms with Crippen LogP contribution < -0.4 is 0 Å². The third-order valence-electron chi connectivity index (χ3n) is 3.19. The normalized spacial score (nSPS) is 10.5. The molecule has 110 valence electrons. The Bertz CT molecular complexity index is 709. The van der Waals surface area contributed by atoms with Crippen molar-refractivity contribution < 1.29 is 14.3 Å². The molecule has 0 amide bonds. The Balaban J connectivity index is 2.31. The van der Waals surface area contributed by atoms with Crippen molar-refractivity contribution >= 4 is 39.3 Å². The molecule has 0 atom stereocenters. The molecule has 4 nitrogen and oxygen atoms in total. The Labute approximate surface area is 135 Å². The number of carbonyl (C=O) groups excluding carboxylic acids is 2. The summed E-state index contributed by atoms with van der Waals surface area (Å²) in [7, 11) is 3.08. The van der Waals surface area contributed by atoms with Gasteiger partial charge in [-0.05, 0) is 46.3 Å². The van der Waals surface area contributed by atoms with Gasteiger partial charge in [-0.3, -0.25) is 9.59 Å². The zero-order chi connectivity index (χ0) is 15.6. The lowest BCUT2D eigenvalue weighted by Gasteiger charge is -2.07. The third-order valence-corrected chi connectivity index (χ3v) is 4.41. The maximum atomic E-state index is 12.5. The molecule has 0 saturated heterocycles. The van der Waals surface area contributed by atoms with Crippen molar-refractivity contribution in [3.63, 3.8) is 0 Å². The van der Waals surface area contributed by atoms with Gasteiger partial charge in [0.1, 0.15) is 0 Å². The molecule has 0 fully saturated rings. The number of methoxy groups -OCH3 is 1. The van der Waals surface area contributed by atoms with Crippen molar-refractivity contribution in [2.75, 3.05) is 7.11 Å². The fourth-order valence-corrected chi connectivity index (χ4v) is 2.46. The van der Waals surface area contributed by atoms with E-state index in [0.29, 0.717) is 20.8 Å². The predicted molar refractivity (Wildman–Crippen MR) is 83.7 cm³/mol. The second kappa shape index (κ2) is 6.45. The first-order valence-corrected chi connectivity index (χ1v) is 7.32. The Morgan fingerprint density at radius 1 is 1.29 bits per heavy atom. The molecule has 21 heavy (non-hydrogen) atoms. The van der Waals surface area contributed by atoms with Crippen LogP contribution in [0.1, 0.15) is 21.7 Å². The molecule has 1 heterocycles. The van der Waals surface area contributed by atoms with E-state index in [0.717, 1.165) is 5.69 Å². The molecule has 0 unspecified atom stereocenters. The highest BCUT2D eigenvalue weighted by Crippen LogP contribution is 2.24. The first-order valence-electron chi connectivity index (χ1n) is 6.15. The Kier molecular flexibility index (Phi) is 4.85. The van der Waals surface area contributed by atoms with E-state index in [-0.39, 0.29) is 18.2 Å². The average molecular weight is 371 g/mol. The monoisotopic (exact) mass is 369 g/mol. The van der Waals surface area contributed by atoms with Gasteiger partial charge in [-0.25, -0.2) is 0 Å². The lowest BCUT2D eigenvalue weighted by molar-refractivity contribution is -0.139. The minimum Gasteiger partial charge on any atom is -0.469 e. The van der Waals surface area contributed by atoms with E-state index in [9.17, 15) is 9.59 Å². The Morgan fingerprint density at radius 2 is 2.00 bits per heavy atom. The first-order chi connectivity index (χ1) is 9.93. The molecule has 0 saturated carbocycles. The number of esters is 1. The van der Waals surface area contributed by atoms with Gasteiger partial charge in [-0.2, -0.15) is 0 Å². The number of rotatable bonds is 4. The van der Waals surface area contributed by atoms with Crippen LogP contribution in [0.2, 0.25) is 5.02 Å². The topological polar surface area (TPSA) is 48.3 Å². The molecule has 0 aliphatic heterocycles. The van der Waals surface area contributed by atoms with Crippen LogP contribution in [0.25, 0.3) is 0 Å². The molecule has 0 bridgehead atoms. The molecule has 0 radical (unpaired) electrons. The quantitative estimate of drug-likeness (QED) is 0.612. The summed E-state index contributed by atoms with van der Waals surface area (Å²) in [4.78, 5) is 23.8. The first kappa shape index (κ1) is 15.8. The molecule has 2 aromatic rings. The standard InChI is InChI=1S/C15H13BrClNO3/c1-18-10(8-14(19)21-2)4-6-13(18)15(20)9-3-5-12(17)11(16)7-9/h3-7H,8H2,1-2H3. The van der Waals surface area contributed by atoms with E-state index in [4.69, 9.17) is 11.6 Å². The molecule has 6 heteroatoms. The highest BCUT2D eigenvalue weighted by molar-refractivity contribution is 9.10. The zero-order valence-electron chi connectivity index (χ0n) is 11.5. The Hall–Kier alpha value is -1.59. The fraction of sp³-hybridized carbons (Fsp3) is 0.200. The van der Waals surface area contributed by atoms with Crippen molar-refractivity contribution in [3.8, 4) is 0 Å². The van der Waals surface area contributed by atoms with Crippen LogP contribution >= 0.6 is 27.5 Å². The van der Waals surface area contributed by atoms with Crippen molar-refractivity contribution in [3.05, 3.63) is 56.8 Å². The number of aromatic nitrogens is 1. The molecule has 1 aromatic heterocycles. The van der Waals surface area contributed by atoms with Crippen LogP contribution in [0, 0.1) is 0 Å². The lowest BCUT2D eigenvalue weighted by Crippen LogP contribution is -2.12. The van der Waals surface area contributed by atoms with Crippen LogP contribution in [-0.2, 0) is 23.0 Å². The number of hydrogen-bond donors (Lipinski definition) is 0. The van der Waals surface area contributed by atoms with Crippen molar-refractivity contribution in [2.24, 2.45) is 7.05 Å². The summed E-state index contributed by atoms with van der Waals surface area (Å²) in [6, 6.07) is 8.45. The van der Waals surface area contributed by atoms with Gasteiger partial charge in [0, 0.05) is 22.8 Å². The van der Waals surface area contributed by atoms with Crippen molar-refractivity contribution in [2.45, 2.75) is 6.42 Å². The maximum Gasteiger partial charge on any atom is 0.311 e. The molecule has 0 spiro atoms. The van der Waals surface area contributed by atoms with E-state index in [1.807, 2.05) is 0 Å². The SMILES string of the molecule is COC(=O)Cc1ccc(C(=O)c2ccc(Cl)c(Br)c2)n1C. The fourth-order valence-electron chi connectivity index (χ4n) is 1.96. The van der Waals surface area contributed by atoms with E-state index in [2.05, 4.69) is 20.7 Å². The minimum atomic E-state index is -0.343. The number of ketones is 1. The van der Waals surface area contributed by atoms with Gasteiger partial charge in [0.05, 0.1) is 24.2 Å². The van der Waals surface area contributed by atoms with Crippen molar-refractivity contribution in [1.82, 2.24) is 4.57 Å². The summed E-state index contributed by atoms with van der Waals surface area (Å²) in [5.41, 5.74) is 1.75. The third kappa shape index (κ3) is 3.36. The zero-order valence-corrected chi connectivity index (χ0v) is 13.9. The molecule has 1 aromatic carbocycles. The second-order valence-electron chi connectivity index (χ2n) is 4.48. The lowest BCUT2D eigenvalue weighted by atomic mass is 10.1. The number of benzene rings is 1. The smallest absolute Gasteiger partial charge is 0.311 e. The molecular weight excluding hydrogens is 358 g/mol. The molecule has 0 N–H and O–H groups in total. The van der Waals surface area contributed by atoms with Gasteiger partial charge in [0.2, 0.25) is 5.78 Å². The summed E-state index contributed by atoms with van der Waals surface area (Å²) in [6.45, 7) is 0. The highest BCUT2D eigenvalue weighted by Gasteiger charge is 2.17. The number of carbonyl (C=O) groups is 2. The molecule has 2 rings (SSSR count). The minimum absolute atomic E-state index is 0.130. The second-order valence-corrected chi connectivity index (χ2v) is 5.74. The van der Waals surface area contributed by atoms with E-state index < -0.39 is 0 Å². The number of hydrogen-bond acceptors (Lipinski definition) is 3.